The molecule has 0 aromatic heterocycles. The minimum Gasteiger partial charge on any atom is -0.258 e. The molecule has 0 bridgehead atoms. The first kappa shape index (κ1) is 22.1. The molecule has 152 valence electrons. The molecule has 0 saturated heterocycles. The van der Waals surface area contributed by atoms with Gasteiger partial charge in [0.1, 0.15) is 5.02 Å². The van der Waals surface area contributed by atoms with Gasteiger partial charge >= 0.3 is 0 Å². The van der Waals surface area contributed by atoms with Crippen LogP contribution < -0.4 is 3.71 Å². The maximum Gasteiger partial charge on any atom is 0.289 e. The van der Waals surface area contributed by atoms with Gasteiger partial charge in [0, 0.05) is 6.07 Å². The second-order valence-corrected chi connectivity index (χ2v) is 10.8. The van der Waals surface area contributed by atoms with Gasteiger partial charge in [-0.2, -0.15) is 3.71 Å². The molecule has 0 spiro atoms. The predicted octanol–water partition coefficient (Wildman–Crippen LogP) is 3.82. The number of nitrogens with zero attached hydrogens (tertiary/aromatic N) is 2. The monoisotopic (exact) mass is 446 g/mol. The quantitative estimate of drug-likeness (QED) is 0.449. The third-order valence-corrected chi connectivity index (χ3v) is 8.36. The topological polar surface area (TPSA) is 115 Å². The summed E-state index contributed by atoms with van der Waals surface area (Å²) in [6.07, 6.45) is 0.252. The molecule has 2 rings (SSSR count). The third-order valence-electron chi connectivity index (χ3n) is 3.80. The van der Waals surface area contributed by atoms with Gasteiger partial charge in [0.15, 0.2) is 0 Å². The fourth-order valence-electron chi connectivity index (χ4n) is 2.35. The fraction of sp³-hybridized carbons (Fsp3) is 0.294. The van der Waals surface area contributed by atoms with Crippen LogP contribution in [0.25, 0.3) is 0 Å². The predicted molar refractivity (Wildman–Crippen MR) is 107 cm³/mol. The molecule has 0 N–H and O–H groups in total. The number of para-hydroxylation sites is 1. The van der Waals surface area contributed by atoms with Crippen molar-refractivity contribution in [2.45, 2.75) is 25.2 Å². The first-order valence-corrected chi connectivity index (χ1v) is 11.7. The van der Waals surface area contributed by atoms with Crippen LogP contribution in [0.15, 0.2) is 53.4 Å². The lowest BCUT2D eigenvalue weighted by molar-refractivity contribution is -0.384. The lowest BCUT2D eigenvalue weighted by Gasteiger charge is -2.24. The molecule has 0 amide bonds. The van der Waals surface area contributed by atoms with Gasteiger partial charge in [-0.1, -0.05) is 43.6 Å². The zero-order valence-electron chi connectivity index (χ0n) is 15.1. The summed E-state index contributed by atoms with van der Waals surface area (Å²) >= 11 is 5.74. The van der Waals surface area contributed by atoms with Crippen molar-refractivity contribution >= 4 is 43.0 Å². The lowest BCUT2D eigenvalue weighted by Crippen LogP contribution is -2.38. The molecule has 0 saturated carbocycles. The summed E-state index contributed by atoms with van der Waals surface area (Å²) < 4.78 is 52.6. The maximum atomic E-state index is 13.2. The third kappa shape index (κ3) is 4.81. The molecule has 0 unspecified atom stereocenters. The number of anilines is 1. The molecule has 0 aliphatic carbocycles. The zero-order valence-corrected chi connectivity index (χ0v) is 17.5. The van der Waals surface area contributed by atoms with Crippen molar-refractivity contribution in [3.05, 3.63) is 63.7 Å². The van der Waals surface area contributed by atoms with Gasteiger partial charge in [-0.25, -0.2) is 16.8 Å². The van der Waals surface area contributed by atoms with E-state index in [1.54, 1.807) is 6.07 Å². The van der Waals surface area contributed by atoms with Gasteiger partial charge in [0.05, 0.1) is 21.3 Å². The Kier molecular flexibility index (Phi) is 6.68. The standard InChI is InChI=1S/C17H19ClN2O6S2/c1-13(2)10-11-27(23,24)20(14-6-4-3-5-7-14)28(25,26)15-8-9-16(18)17(12-15)19(21)22/h3-9,12-13H,10-11H2,1-2H3. The van der Waals surface area contributed by atoms with Crippen LogP contribution >= 0.6 is 11.6 Å². The molecule has 0 aliphatic rings. The number of nitro groups is 1. The van der Waals surface area contributed by atoms with Crippen LogP contribution in [0.1, 0.15) is 20.3 Å². The van der Waals surface area contributed by atoms with E-state index in [4.69, 9.17) is 11.6 Å². The first-order valence-electron chi connectivity index (χ1n) is 8.24. The summed E-state index contributed by atoms with van der Waals surface area (Å²) in [4.78, 5) is 9.74. The Balaban J connectivity index is 2.66. The summed E-state index contributed by atoms with van der Waals surface area (Å²) in [5.41, 5.74) is -0.709. The van der Waals surface area contributed by atoms with Crippen LogP contribution in [0.3, 0.4) is 0 Å². The molecule has 11 heteroatoms. The van der Waals surface area contributed by atoms with Crippen molar-refractivity contribution in [2.75, 3.05) is 9.46 Å². The Labute approximate surface area is 169 Å². The second-order valence-electron chi connectivity index (χ2n) is 6.41. The van der Waals surface area contributed by atoms with E-state index in [0.717, 1.165) is 18.2 Å². The second kappa shape index (κ2) is 8.46. The molecule has 0 fully saturated rings. The Morgan fingerprint density at radius 3 is 2.21 bits per heavy atom. The SMILES string of the molecule is CC(C)CCS(=O)(=O)N(c1ccccc1)S(=O)(=O)c1ccc(Cl)c([N+](=O)[O-])c1. The number of hydrogen-bond acceptors (Lipinski definition) is 6. The number of benzene rings is 2. The molecular weight excluding hydrogens is 428 g/mol. The average molecular weight is 447 g/mol. The normalized spacial score (nSPS) is 12.1. The van der Waals surface area contributed by atoms with Gasteiger partial charge in [-0.3, -0.25) is 10.1 Å². The van der Waals surface area contributed by atoms with E-state index < -0.39 is 41.3 Å². The van der Waals surface area contributed by atoms with Crippen molar-refractivity contribution in [1.29, 1.82) is 0 Å². The van der Waals surface area contributed by atoms with E-state index in [9.17, 15) is 26.9 Å². The van der Waals surface area contributed by atoms with Crippen LogP contribution in [0.5, 0.6) is 0 Å². The van der Waals surface area contributed by atoms with Crippen molar-refractivity contribution in [1.82, 2.24) is 0 Å². The van der Waals surface area contributed by atoms with Crippen molar-refractivity contribution < 1.29 is 21.8 Å². The van der Waals surface area contributed by atoms with Crippen LogP contribution in [0.4, 0.5) is 11.4 Å². The van der Waals surface area contributed by atoms with Crippen LogP contribution in [-0.4, -0.2) is 27.5 Å². The molecule has 28 heavy (non-hydrogen) atoms. The number of halogens is 1. The van der Waals surface area contributed by atoms with Crippen molar-refractivity contribution in [3.8, 4) is 0 Å². The van der Waals surface area contributed by atoms with E-state index in [0.29, 0.717) is 3.71 Å². The fourth-order valence-corrected chi connectivity index (χ4v) is 6.69. The van der Waals surface area contributed by atoms with Gasteiger partial charge in [-0.15, -0.1) is 0 Å². The highest BCUT2D eigenvalue weighted by molar-refractivity contribution is 8.10. The molecule has 0 atom stereocenters. The molecule has 2 aromatic rings. The van der Waals surface area contributed by atoms with E-state index >= 15 is 0 Å². The Morgan fingerprint density at radius 1 is 1.07 bits per heavy atom. The highest BCUT2D eigenvalue weighted by Crippen LogP contribution is 2.32. The smallest absolute Gasteiger partial charge is 0.258 e. The Hall–Kier alpha value is -2.17. The van der Waals surface area contributed by atoms with Crippen LogP contribution in [0, 0.1) is 16.0 Å². The van der Waals surface area contributed by atoms with Gasteiger partial charge < -0.3 is 0 Å². The zero-order chi connectivity index (χ0) is 21.1. The average Bonchev–Trinajstić information content (AvgIpc) is 2.60. The summed E-state index contributed by atoms with van der Waals surface area (Å²) in [5, 5.41) is 10.9. The molecule has 8 nitrogen and oxygen atoms in total. The van der Waals surface area contributed by atoms with Gasteiger partial charge in [0.25, 0.3) is 15.7 Å². The molecule has 0 heterocycles. The summed E-state index contributed by atoms with van der Waals surface area (Å²) in [7, 11) is -8.93. The minimum absolute atomic E-state index is 0.0340. The Morgan fingerprint density at radius 2 is 1.68 bits per heavy atom. The van der Waals surface area contributed by atoms with Crippen molar-refractivity contribution in [3.63, 3.8) is 0 Å². The lowest BCUT2D eigenvalue weighted by atomic mass is 10.2. The van der Waals surface area contributed by atoms with E-state index in [1.807, 2.05) is 13.8 Å². The molecular formula is C17H19ClN2O6S2. The number of sulfonamides is 2. The maximum absolute atomic E-state index is 13.2. The van der Waals surface area contributed by atoms with E-state index in [1.165, 1.54) is 24.3 Å². The summed E-state index contributed by atoms with van der Waals surface area (Å²) in [6, 6.07) is 10.1. The van der Waals surface area contributed by atoms with Gasteiger partial charge in [0.2, 0.25) is 10.0 Å². The highest BCUT2D eigenvalue weighted by atomic mass is 35.5. The van der Waals surface area contributed by atoms with Crippen LogP contribution in [-0.2, 0) is 20.0 Å². The molecule has 2 aromatic carbocycles. The van der Waals surface area contributed by atoms with Crippen LogP contribution in [0.2, 0.25) is 5.02 Å². The number of nitro benzene ring substituents is 1. The van der Waals surface area contributed by atoms with E-state index in [-0.39, 0.29) is 23.0 Å². The van der Waals surface area contributed by atoms with E-state index in [2.05, 4.69) is 0 Å². The number of rotatable bonds is 8. The largest absolute Gasteiger partial charge is 0.289 e. The number of hydrogen-bond donors (Lipinski definition) is 0. The molecule has 0 aliphatic heterocycles. The van der Waals surface area contributed by atoms with Gasteiger partial charge in [-0.05, 0) is 36.6 Å². The first-order chi connectivity index (χ1) is 13.0. The highest BCUT2D eigenvalue weighted by Gasteiger charge is 2.36. The van der Waals surface area contributed by atoms with Crippen molar-refractivity contribution in [2.24, 2.45) is 5.92 Å². The summed E-state index contributed by atoms with van der Waals surface area (Å²) in [5.74, 6) is -0.360. The summed E-state index contributed by atoms with van der Waals surface area (Å²) in [6.45, 7) is 3.64. The molecule has 0 radical (unpaired) electrons. The minimum atomic E-state index is -4.65. The Bertz CT molecular complexity index is 1070.